The van der Waals surface area contributed by atoms with Gasteiger partial charge < -0.3 is 10.6 Å². The van der Waals surface area contributed by atoms with Crippen molar-refractivity contribution in [2.45, 2.75) is 19.9 Å². The number of nitrogens with zero attached hydrogens (tertiary/aromatic N) is 1. The summed E-state index contributed by atoms with van der Waals surface area (Å²) in [5.41, 5.74) is 2.58. The molecule has 2 amide bonds. The first-order valence-corrected chi connectivity index (χ1v) is 6.67. The van der Waals surface area contributed by atoms with E-state index in [0.29, 0.717) is 10.7 Å². The fourth-order valence-electron chi connectivity index (χ4n) is 1.79. The van der Waals surface area contributed by atoms with Gasteiger partial charge in [-0.3, -0.25) is 4.98 Å². The van der Waals surface area contributed by atoms with Gasteiger partial charge in [0.2, 0.25) is 0 Å². The van der Waals surface area contributed by atoms with Crippen LogP contribution in [0.2, 0.25) is 5.02 Å². The molecule has 0 radical (unpaired) electrons. The highest BCUT2D eigenvalue weighted by atomic mass is 35.5. The Morgan fingerprint density at radius 1 is 1.35 bits per heavy atom. The Hall–Kier alpha value is -2.07. The van der Waals surface area contributed by atoms with Crippen LogP contribution in [0.5, 0.6) is 0 Å². The molecule has 0 aliphatic carbocycles. The van der Waals surface area contributed by atoms with Gasteiger partial charge in [-0.15, -0.1) is 0 Å². The maximum atomic E-state index is 11.9. The molecule has 0 aliphatic rings. The fraction of sp³-hybridized carbons (Fsp3) is 0.200. The van der Waals surface area contributed by atoms with Crippen molar-refractivity contribution in [1.82, 2.24) is 10.3 Å². The lowest BCUT2D eigenvalue weighted by Crippen LogP contribution is -2.31. The van der Waals surface area contributed by atoms with Gasteiger partial charge >= 0.3 is 6.03 Å². The molecule has 0 saturated carbocycles. The first kappa shape index (κ1) is 14.3. The smallest absolute Gasteiger partial charge is 0.319 e. The van der Waals surface area contributed by atoms with E-state index in [0.717, 1.165) is 11.1 Å². The Balaban J connectivity index is 1.99. The van der Waals surface area contributed by atoms with Gasteiger partial charge in [-0.1, -0.05) is 23.7 Å². The van der Waals surface area contributed by atoms with E-state index in [1.165, 1.54) is 0 Å². The van der Waals surface area contributed by atoms with Crippen molar-refractivity contribution in [3.05, 3.63) is 58.9 Å². The predicted molar refractivity (Wildman–Crippen MR) is 81.0 cm³/mol. The number of nitrogens with one attached hydrogen (secondary N) is 2. The molecule has 4 nitrogen and oxygen atoms in total. The van der Waals surface area contributed by atoms with Crippen molar-refractivity contribution in [2.24, 2.45) is 0 Å². The minimum absolute atomic E-state index is 0.132. The Kier molecular flexibility index (Phi) is 4.58. The molecule has 0 fully saturated rings. The van der Waals surface area contributed by atoms with E-state index >= 15 is 0 Å². The summed E-state index contributed by atoms with van der Waals surface area (Å²) in [5.74, 6) is 0. The molecule has 1 aromatic heterocycles. The lowest BCUT2D eigenvalue weighted by molar-refractivity contribution is 0.249. The van der Waals surface area contributed by atoms with Gasteiger partial charge in [0.15, 0.2) is 0 Å². The number of hydrogen-bond acceptors (Lipinski definition) is 2. The van der Waals surface area contributed by atoms with E-state index in [9.17, 15) is 4.79 Å². The molecule has 2 rings (SSSR count). The minimum atomic E-state index is -0.299. The molecule has 0 saturated heterocycles. The molecule has 1 aromatic carbocycles. The number of hydrogen-bond donors (Lipinski definition) is 2. The van der Waals surface area contributed by atoms with Gasteiger partial charge in [0, 0.05) is 12.4 Å². The van der Waals surface area contributed by atoms with Crippen molar-refractivity contribution in [2.75, 3.05) is 5.32 Å². The highest BCUT2D eigenvalue weighted by molar-refractivity contribution is 6.33. The Bertz CT molecular complexity index is 601. The maximum Gasteiger partial charge on any atom is 0.319 e. The molecule has 5 heteroatoms. The average molecular weight is 290 g/mol. The topological polar surface area (TPSA) is 54.0 Å². The molecular weight excluding hydrogens is 274 g/mol. The zero-order chi connectivity index (χ0) is 14.5. The number of urea groups is 1. The van der Waals surface area contributed by atoms with Crippen molar-refractivity contribution < 1.29 is 4.79 Å². The average Bonchev–Trinajstić information content (AvgIpc) is 2.43. The van der Waals surface area contributed by atoms with Crippen molar-refractivity contribution in [3.8, 4) is 0 Å². The lowest BCUT2D eigenvalue weighted by atomic mass is 10.1. The van der Waals surface area contributed by atoms with Crippen LogP contribution in [0, 0.1) is 6.92 Å². The molecule has 104 valence electrons. The van der Waals surface area contributed by atoms with Crippen LogP contribution in [0.25, 0.3) is 0 Å². The SMILES string of the molecule is Cc1ccc(NC(=O)N[C@H](C)c2cccnc2)c(Cl)c1. The quantitative estimate of drug-likeness (QED) is 0.899. The van der Waals surface area contributed by atoms with Gasteiger partial charge in [0.05, 0.1) is 16.8 Å². The standard InChI is InChI=1S/C15H16ClN3O/c1-10-5-6-14(13(16)8-10)19-15(20)18-11(2)12-4-3-7-17-9-12/h3-9,11H,1-2H3,(H2,18,19,20)/t11-/m1/s1. The Morgan fingerprint density at radius 3 is 2.80 bits per heavy atom. The van der Waals surface area contributed by atoms with Gasteiger partial charge in [-0.05, 0) is 43.2 Å². The molecule has 1 atom stereocenters. The molecular formula is C15H16ClN3O. The van der Waals surface area contributed by atoms with Gasteiger partial charge in [0.25, 0.3) is 0 Å². The highest BCUT2D eigenvalue weighted by Crippen LogP contribution is 2.22. The van der Waals surface area contributed by atoms with Crippen molar-refractivity contribution in [3.63, 3.8) is 0 Å². The van der Waals surface area contributed by atoms with Crippen LogP contribution in [0.4, 0.5) is 10.5 Å². The normalized spacial score (nSPS) is 11.8. The number of carbonyl (C=O) groups excluding carboxylic acids is 1. The third-order valence-corrected chi connectivity index (χ3v) is 3.22. The van der Waals surface area contributed by atoms with E-state index in [1.807, 2.05) is 38.1 Å². The van der Waals surface area contributed by atoms with Crippen LogP contribution < -0.4 is 10.6 Å². The summed E-state index contributed by atoms with van der Waals surface area (Å²) in [6.45, 7) is 3.84. The third-order valence-electron chi connectivity index (χ3n) is 2.90. The van der Waals surface area contributed by atoms with Crippen LogP contribution in [0.3, 0.4) is 0 Å². The van der Waals surface area contributed by atoms with Crippen molar-refractivity contribution >= 4 is 23.3 Å². The molecule has 2 N–H and O–H groups in total. The van der Waals surface area contributed by atoms with Crippen LogP contribution in [-0.2, 0) is 0 Å². The largest absolute Gasteiger partial charge is 0.331 e. The molecule has 1 heterocycles. The predicted octanol–water partition coefficient (Wildman–Crippen LogP) is 3.93. The summed E-state index contributed by atoms with van der Waals surface area (Å²) in [5, 5.41) is 6.10. The van der Waals surface area contributed by atoms with E-state index in [-0.39, 0.29) is 12.1 Å². The summed E-state index contributed by atoms with van der Waals surface area (Å²) in [7, 11) is 0. The lowest BCUT2D eigenvalue weighted by Gasteiger charge is -2.15. The Morgan fingerprint density at radius 2 is 2.15 bits per heavy atom. The second-order valence-corrected chi connectivity index (χ2v) is 5.00. The summed E-state index contributed by atoms with van der Waals surface area (Å²) < 4.78 is 0. The molecule has 0 bridgehead atoms. The fourth-order valence-corrected chi connectivity index (χ4v) is 2.07. The van der Waals surface area contributed by atoms with Crippen LogP contribution in [-0.4, -0.2) is 11.0 Å². The number of aryl methyl sites for hydroxylation is 1. The van der Waals surface area contributed by atoms with Gasteiger partial charge in [-0.2, -0.15) is 0 Å². The summed E-state index contributed by atoms with van der Waals surface area (Å²) in [6, 6.07) is 8.80. The number of rotatable bonds is 3. The monoisotopic (exact) mass is 289 g/mol. The number of carbonyl (C=O) groups is 1. The number of benzene rings is 1. The molecule has 0 aliphatic heterocycles. The number of anilines is 1. The number of halogens is 1. The minimum Gasteiger partial charge on any atom is -0.331 e. The van der Waals surface area contributed by atoms with Gasteiger partial charge in [0.1, 0.15) is 0 Å². The summed E-state index contributed by atoms with van der Waals surface area (Å²) in [6.07, 6.45) is 3.42. The summed E-state index contributed by atoms with van der Waals surface area (Å²) >= 11 is 6.07. The number of amides is 2. The summed E-state index contributed by atoms with van der Waals surface area (Å²) in [4.78, 5) is 16.0. The van der Waals surface area contributed by atoms with Gasteiger partial charge in [-0.25, -0.2) is 4.79 Å². The second kappa shape index (κ2) is 6.39. The highest BCUT2D eigenvalue weighted by Gasteiger charge is 2.10. The number of pyridine rings is 1. The zero-order valence-electron chi connectivity index (χ0n) is 11.4. The first-order chi connectivity index (χ1) is 9.56. The molecule has 0 spiro atoms. The maximum absolute atomic E-state index is 11.9. The first-order valence-electron chi connectivity index (χ1n) is 6.30. The van der Waals surface area contributed by atoms with Crippen molar-refractivity contribution in [1.29, 1.82) is 0 Å². The van der Waals surface area contributed by atoms with E-state index in [4.69, 9.17) is 11.6 Å². The second-order valence-electron chi connectivity index (χ2n) is 4.59. The van der Waals surface area contributed by atoms with Crippen LogP contribution in [0.15, 0.2) is 42.7 Å². The molecule has 0 unspecified atom stereocenters. The van der Waals surface area contributed by atoms with Crippen LogP contribution in [0.1, 0.15) is 24.1 Å². The van der Waals surface area contributed by atoms with E-state index in [2.05, 4.69) is 15.6 Å². The Labute approximate surface area is 123 Å². The number of aromatic nitrogens is 1. The third kappa shape index (κ3) is 3.71. The molecule has 2 aromatic rings. The van der Waals surface area contributed by atoms with E-state index < -0.39 is 0 Å². The molecule has 20 heavy (non-hydrogen) atoms. The zero-order valence-corrected chi connectivity index (χ0v) is 12.1. The van der Waals surface area contributed by atoms with Crippen LogP contribution >= 0.6 is 11.6 Å². The van der Waals surface area contributed by atoms with E-state index in [1.54, 1.807) is 18.5 Å².